The lowest BCUT2D eigenvalue weighted by Gasteiger charge is -2.41. The van der Waals surface area contributed by atoms with Crippen molar-refractivity contribution in [2.45, 2.75) is 66.6 Å². The van der Waals surface area contributed by atoms with Crippen molar-refractivity contribution in [3.8, 4) is 0 Å². The molecule has 0 aliphatic heterocycles. The molecule has 1 fully saturated rings. The molecular formula is C29H28F7NO3S. The molecule has 4 nitrogen and oxygen atoms in total. The second-order valence-corrected chi connectivity index (χ2v) is 12.3. The summed E-state index contributed by atoms with van der Waals surface area (Å²) in [6.45, 7) is -0.959. The fraction of sp³-hybridized carbons (Fsp3) is 0.379. The van der Waals surface area contributed by atoms with Gasteiger partial charge in [0.05, 0.1) is 17.3 Å². The highest BCUT2D eigenvalue weighted by atomic mass is 32.2. The van der Waals surface area contributed by atoms with E-state index in [1.54, 1.807) is 6.07 Å². The molecule has 222 valence electrons. The van der Waals surface area contributed by atoms with Gasteiger partial charge in [0.1, 0.15) is 5.82 Å². The van der Waals surface area contributed by atoms with Crippen LogP contribution >= 0.6 is 0 Å². The summed E-state index contributed by atoms with van der Waals surface area (Å²) in [6, 6.07) is 14.8. The topological polar surface area (TPSA) is 69.4 Å². The van der Waals surface area contributed by atoms with Crippen LogP contribution in [0.25, 0.3) is 0 Å². The molecule has 3 aromatic rings. The van der Waals surface area contributed by atoms with Gasteiger partial charge in [0.25, 0.3) is 5.60 Å². The van der Waals surface area contributed by atoms with Crippen LogP contribution in [0.1, 0.15) is 42.4 Å². The summed E-state index contributed by atoms with van der Waals surface area (Å²) in [6.07, 6.45) is -10.5. The minimum Gasteiger partial charge on any atom is -0.349 e. The van der Waals surface area contributed by atoms with Crippen molar-refractivity contribution in [2.24, 2.45) is 5.73 Å². The number of ether oxygens (including phenoxy) is 1. The molecule has 0 radical (unpaired) electrons. The average molecular weight is 604 g/mol. The molecular weight excluding hydrogens is 575 g/mol. The van der Waals surface area contributed by atoms with E-state index in [4.69, 9.17) is 10.5 Å². The Labute approximate surface area is 233 Å². The van der Waals surface area contributed by atoms with E-state index in [1.807, 2.05) is 0 Å². The first-order valence-electron chi connectivity index (χ1n) is 12.8. The zero-order chi connectivity index (χ0) is 30.1. The van der Waals surface area contributed by atoms with Crippen LogP contribution in [0.4, 0.5) is 30.7 Å². The molecule has 0 aromatic heterocycles. The number of halogens is 7. The molecule has 1 aliphatic rings. The van der Waals surface area contributed by atoms with Gasteiger partial charge in [-0.3, -0.25) is 0 Å². The molecule has 1 aliphatic carbocycles. The molecule has 3 aromatic carbocycles. The maximum atomic E-state index is 14.3. The predicted molar refractivity (Wildman–Crippen MR) is 138 cm³/mol. The largest absolute Gasteiger partial charge is 0.430 e. The molecule has 0 spiro atoms. The van der Waals surface area contributed by atoms with Crippen LogP contribution in [0, 0.1) is 5.82 Å². The van der Waals surface area contributed by atoms with Gasteiger partial charge < -0.3 is 10.5 Å². The first-order valence-corrected chi connectivity index (χ1v) is 14.4. The third kappa shape index (κ3) is 6.29. The predicted octanol–water partition coefficient (Wildman–Crippen LogP) is 6.98. The molecule has 0 unspecified atom stereocenters. The summed E-state index contributed by atoms with van der Waals surface area (Å²) < 4.78 is 131. The lowest BCUT2D eigenvalue weighted by atomic mass is 9.69. The molecule has 0 amide bonds. The SMILES string of the molecule is NC1CCC(CS(=O)(=O)c2ccc(F)cc2)(c2ccc(C(OCc3ccccc3)(C(F)(F)F)C(F)(F)F)cc2)CC1. The Bertz CT molecular complexity index is 1400. The van der Waals surface area contributed by atoms with E-state index in [0.29, 0.717) is 25.0 Å². The van der Waals surface area contributed by atoms with Crippen molar-refractivity contribution >= 4 is 9.84 Å². The molecule has 41 heavy (non-hydrogen) atoms. The molecule has 0 bridgehead atoms. The van der Waals surface area contributed by atoms with Gasteiger partial charge in [0, 0.05) is 17.0 Å². The Morgan fingerprint density at radius 1 is 0.805 bits per heavy atom. The van der Waals surface area contributed by atoms with Gasteiger partial charge in [-0.25, -0.2) is 12.8 Å². The Hall–Kier alpha value is -2.96. The lowest BCUT2D eigenvalue weighted by molar-refractivity contribution is -0.392. The second-order valence-electron chi connectivity index (χ2n) is 10.4. The zero-order valence-electron chi connectivity index (χ0n) is 21.7. The number of rotatable bonds is 8. The van der Waals surface area contributed by atoms with Crippen LogP contribution in [0.3, 0.4) is 0 Å². The smallest absolute Gasteiger partial charge is 0.349 e. The summed E-state index contributed by atoms with van der Waals surface area (Å²) in [5.41, 5.74) is -0.535. The summed E-state index contributed by atoms with van der Waals surface area (Å²) in [5.74, 6) is -1.11. The molecule has 4 rings (SSSR count). The number of hydrogen-bond donors (Lipinski definition) is 1. The highest BCUT2D eigenvalue weighted by Gasteiger charge is 2.73. The van der Waals surface area contributed by atoms with Crippen LogP contribution in [0.2, 0.25) is 0 Å². The van der Waals surface area contributed by atoms with Crippen molar-refractivity contribution in [1.29, 1.82) is 0 Å². The number of nitrogens with two attached hydrogens (primary N) is 1. The van der Waals surface area contributed by atoms with Gasteiger partial charge >= 0.3 is 12.4 Å². The highest BCUT2D eigenvalue weighted by molar-refractivity contribution is 7.91. The number of sulfone groups is 1. The standard InChI is InChI=1S/C29H28F7NO3S/c30-23-10-12-25(13-11-23)41(38,39)19-26(16-14-24(37)15-17-26)21-6-8-22(9-7-21)27(28(31,32)33,29(34,35)36)40-18-20-4-2-1-3-5-20/h1-13,24H,14-19,37H2. The van der Waals surface area contributed by atoms with Crippen molar-refractivity contribution < 1.29 is 43.9 Å². The summed E-state index contributed by atoms with van der Waals surface area (Å²) in [7, 11) is -4.02. The van der Waals surface area contributed by atoms with E-state index < -0.39 is 56.9 Å². The van der Waals surface area contributed by atoms with Gasteiger partial charge in [-0.2, -0.15) is 26.3 Å². The van der Waals surface area contributed by atoms with Crippen molar-refractivity contribution in [3.05, 3.63) is 101 Å². The van der Waals surface area contributed by atoms with E-state index in [-0.39, 0.29) is 34.9 Å². The Morgan fingerprint density at radius 3 is 1.85 bits per heavy atom. The molecule has 0 heterocycles. The normalized spacial score (nSPS) is 20.6. The van der Waals surface area contributed by atoms with Gasteiger partial charge in [-0.05, 0) is 61.1 Å². The van der Waals surface area contributed by atoms with E-state index >= 15 is 0 Å². The summed E-state index contributed by atoms with van der Waals surface area (Å²) in [4.78, 5) is -0.146. The van der Waals surface area contributed by atoms with E-state index in [2.05, 4.69) is 0 Å². The minimum atomic E-state index is -5.87. The number of hydrogen-bond acceptors (Lipinski definition) is 4. The number of alkyl halides is 6. The second kappa shape index (κ2) is 11.4. The fourth-order valence-corrected chi connectivity index (χ4v) is 7.26. The van der Waals surface area contributed by atoms with Crippen LogP contribution in [0.5, 0.6) is 0 Å². The van der Waals surface area contributed by atoms with Gasteiger partial charge in [-0.15, -0.1) is 0 Å². The monoisotopic (exact) mass is 603 g/mol. The Balaban J connectivity index is 1.75. The van der Waals surface area contributed by atoms with Crippen molar-refractivity contribution in [1.82, 2.24) is 0 Å². The van der Waals surface area contributed by atoms with Gasteiger partial charge in [0.2, 0.25) is 0 Å². The first-order chi connectivity index (χ1) is 19.1. The van der Waals surface area contributed by atoms with Gasteiger partial charge in [0.15, 0.2) is 9.84 Å². The van der Waals surface area contributed by atoms with Gasteiger partial charge in [-0.1, -0.05) is 54.6 Å². The van der Waals surface area contributed by atoms with Crippen LogP contribution in [-0.2, 0) is 32.2 Å². The Kier molecular flexibility index (Phi) is 8.60. The highest BCUT2D eigenvalue weighted by Crippen LogP contribution is 2.54. The van der Waals surface area contributed by atoms with Crippen LogP contribution in [-0.4, -0.2) is 32.6 Å². The number of benzene rings is 3. The maximum absolute atomic E-state index is 14.3. The third-order valence-electron chi connectivity index (χ3n) is 7.63. The summed E-state index contributed by atoms with van der Waals surface area (Å²) in [5, 5.41) is 0. The van der Waals surface area contributed by atoms with Crippen LogP contribution < -0.4 is 5.73 Å². The summed E-state index contributed by atoms with van der Waals surface area (Å²) >= 11 is 0. The Morgan fingerprint density at radius 2 is 1.34 bits per heavy atom. The molecule has 2 N–H and O–H groups in total. The molecule has 1 saturated carbocycles. The van der Waals surface area contributed by atoms with E-state index in [1.165, 1.54) is 24.3 Å². The van der Waals surface area contributed by atoms with Crippen molar-refractivity contribution in [3.63, 3.8) is 0 Å². The molecule has 0 atom stereocenters. The average Bonchev–Trinajstić information content (AvgIpc) is 2.90. The van der Waals surface area contributed by atoms with E-state index in [0.717, 1.165) is 36.4 Å². The van der Waals surface area contributed by atoms with Crippen molar-refractivity contribution in [2.75, 3.05) is 5.75 Å². The fourth-order valence-electron chi connectivity index (χ4n) is 5.36. The first kappa shape index (κ1) is 31.0. The van der Waals surface area contributed by atoms with E-state index in [9.17, 15) is 39.2 Å². The molecule has 12 heteroatoms. The lowest BCUT2D eigenvalue weighted by Crippen LogP contribution is -2.55. The minimum absolute atomic E-state index is 0.116. The maximum Gasteiger partial charge on any atom is 0.430 e. The van der Waals surface area contributed by atoms with Crippen LogP contribution in [0.15, 0.2) is 83.8 Å². The quantitative estimate of drug-likeness (QED) is 0.223. The third-order valence-corrected chi connectivity index (χ3v) is 9.55. The molecule has 0 saturated heterocycles. The zero-order valence-corrected chi connectivity index (χ0v) is 22.5.